The molecule has 1 heterocycles. The molecule has 0 amide bonds. The number of likely N-dealkylation sites (tertiary alicyclic amines) is 1. The first-order chi connectivity index (χ1) is 3.30. The van der Waals surface area contributed by atoms with Gasteiger partial charge in [-0.15, -0.1) is 0 Å². The zero-order chi connectivity index (χ0) is 5.28. The molecule has 2 heteroatoms. The first-order valence-corrected chi connectivity index (χ1v) is 3.01. The van der Waals surface area contributed by atoms with E-state index in [-0.39, 0.29) is 21.6 Å². The fourth-order valence-corrected chi connectivity index (χ4v) is 1.08. The van der Waals surface area contributed by atoms with Crippen LogP contribution in [0.4, 0.5) is 0 Å². The Balaban J connectivity index is -0.0000000612. The maximum Gasteiger partial charge on any atom is 3.00 e. The van der Waals surface area contributed by atoms with E-state index >= 15 is 0 Å². The number of nitrogens with zero attached hydrogens (tertiary/aromatic N) is 1. The van der Waals surface area contributed by atoms with Crippen LogP contribution in [-0.2, 0) is 0 Å². The van der Waals surface area contributed by atoms with Crippen molar-refractivity contribution in [2.75, 3.05) is 13.6 Å². The second-order valence-electron chi connectivity index (χ2n) is 2.47. The summed E-state index contributed by atoms with van der Waals surface area (Å²) in [5, 5.41) is 0. The number of hydrogen-bond donors (Lipinski definition) is 0. The summed E-state index contributed by atoms with van der Waals surface area (Å²) < 4.78 is 0. The molecule has 0 N–H and O–H groups in total. The van der Waals surface area contributed by atoms with E-state index in [1.807, 2.05) is 0 Å². The SMILES string of the molecule is CC1CCCN1C.[Al+3].[H-].[H-].[H-]. The van der Waals surface area contributed by atoms with Gasteiger partial charge in [-0.25, -0.2) is 0 Å². The Kier molecular flexibility index (Phi) is 3.72. The monoisotopic (exact) mass is 129 g/mol. The molecule has 48 valence electrons. The van der Waals surface area contributed by atoms with Gasteiger partial charge in [-0.05, 0) is 33.4 Å². The third-order valence-electron chi connectivity index (χ3n) is 1.89. The van der Waals surface area contributed by atoms with Gasteiger partial charge in [0.2, 0.25) is 0 Å². The summed E-state index contributed by atoms with van der Waals surface area (Å²) in [6.07, 6.45) is 2.80. The normalized spacial score (nSPS) is 30.0. The summed E-state index contributed by atoms with van der Waals surface area (Å²) in [5.74, 6) is 0. The molecule has 0 aromatic carbocycles. The Morgan fingerprint density at radius 3 is 2.38 bits per heavy atom. The Morgan fingerprint density at radius 1 is 1.62 bits per heavy atom. The van der Waals surface area contributed by atoms with Crippen molar-refractivity contribution in [1.29, 1.82) is 0 Å². The number of rotatable bonds is 0. The Morgan fingerprint density at radius 2 is 2.25 bits per heavy atom. The molecule has 1 nitrogen and oxygen atoms in total. The van der Waals surface area contributed by atoms with Crippen LogP contribution in [0.1, 0.15) is 24.0 Å². The molecule has 0 aromatic rings. The molecule has 8 heavy (non-hydrogen) atoms. The Bertz CT molecular complexity index is 66.8. The van der Waals surface area contributed by atoms with Gasteiger partial charge < -0.3 is 9.18 Å². The van der Waals surface area contributed by atoms with Crippen molar-refractivity contribution in [3.05, 3.63) is 0 Å². The molecular formula is C6H16AlN. The van der Waals surface area contributed by atoms with Gasteiger partial charge >= 0.3 is 17.4 Å². The van der Waals surface area contributed by atoms with Crippen molar-refractivity contribution in [3.63, 3.8) is 0 Å². The third kappa shape index (κ3) is 1.78. The first-order valence-electron chi connectivity index (χ1n) is 3.01. The molecule has 0 saturated carbocycles. The van der Waals surface area contributed by atoms with Gasteiger partial charge in [-0.3, -0.25) is 0 Å². The maximum atomic E-state index is 2.40. The summed E-state index contributed by atoms with van der Waals surface area (Å²) in [6, 6.07) is 0.847. The topological polar surface area (TPSA) is 3.24 Å². The molecule has 1 fully saturated rings. The zero-order valence-electron chi connectivity index (χ0n) is 8.72. The van der Waals surface area contributed by atoms with Gasteiger partial charge in [0, 0.05) is 6.04 Å². The molecule has 0 aromatic heterocycles. The van der Waals surface area contributed by atoms with Crippen molar-refractivity contribution in [1.82, 2.24) is 4.90 Å². The minimum absolute atomic E-state index is 0. The van der Waals surface area contributed by atoms with Crippen LogP contribution in [0.5, 0.6) is 0 Å². The van der Waals surface area contributed by atoms with E-state index in [1.165, 1.54) is 19.4 Å². The molecule has 1 atom stereocenters. The predicted molar refractivity (Wildman–Crippen MR) is 40.4 cm³/mol. The molecule has 0 bridgehead atoms. The first kappa shape index (κ1) is 8.49. The molecule has 1 rings (SSSR count). The number of hydrogen-bond acceptors (Lipinski definition) is 1. The fourth-order valence-electron chi connectivity index (χ4n) is 1.08. The Labute approximate surface area is 66.6 Å². The van der Waals surface area contributed by atoms with Gasteiger partial charge in [0.1, 0.15) is 0 Å². The van der Waals surface area contributed by atoms with Crippen LogP contribution >= 0.6 is 0 Å². The zero-order valence-corrected chi connectivity index (χ0v) is 6.88. The summed E-state index contributed by atoms with van der Waals surface area (Å²) in [5.41, 5.74) is 0. The van der Waals surface area contributed by atoms with Crippen LogP contribution in [-0.4, -0.2) is 41.9 Å². The molecule has 0 radical (unpaired) electrons. The van der Waals surface area contributed by atoms with E-state index < -0.39 is 0 Å². The largest absolute Gasteiger partial charge is 3.00 e. The molecular weight excluding hydrogens is 113 g/mol. The second kappa shape index (κ2) is 3.50. The van der Waals surface area contributed by atoms with Crippen molar-refractivity contribution in [2.45, 2.75) is 25.8 Å². The third-order valence-corrected chi connectivity index (χ3v) is 1.89. The van der Waals surface area contributed by atoms with Gasteiger partial charge in [0.05, 0.1) is 0 Å². The van der Waals surface area contributed by atoms with Gasteiger partial charge in [-0.1, -0.05) is 0 Å². The van der Waals surface area contributed by atoms with Crippen LogP contribution in [0, 0.1) is 0 Å². The Hall–Kier alpha value is 0.492. The average Bonchev–Trinajstić information content (AvgIpc) is 1.91. The minimum Gasteiger partial charge on any atom is -1.00 e. The molecule has 1 saturated heterocycles. The van der Waals surface area contributed by atoms with Gasteiger partial charge in [0.15, 0.2) is 0 Å². The molecule has 1 unspecified atom stereocenters. The van der Waals surface area contributed by atoms with E-state index in [2.05, 4.69) is 18.9 Å². The van der Waals surface area contributed by atoms with E-state index in [0.29, 0.717) is 0 Å². The molecule has 1 aliphatic heterocycles. The molecule has 0 spiro atoms. The van der Waals surface area contributed by atoms with E-state index in [4.69, 9.17) is 0 Å². The van der Waals surface area contributed by atoms with Crippen molar-refractivity contribution in [2.24, 2.45) is 0 Å². The van der Waals surface area contributed by atoms with Crippen LogP contribution < -0.4 is 0 Å². The van der Waals surface area contributed by atoms with Crippen molar-refractivity contribution >= 4 is 17.4 Å². The smallest absolute Gasteiger partial charge is 1.00 e. The summed E-state index contributed by atoms with van der Waals surface area (Å²) >= 11 is 0. The van der Waals surface area contributed by atoms with Crippen LogP contribution in [0.25, 0.3) is 0 Å². The van der Waals surface area contributed by atoms with Gasteiger partial charge in [-0.2, -0.15) is 0 Å². The van der Waals surface area contributed by atoms with Gasteiger partial charge in [0.25, 0.3) is 0 Å². The van der Waals surface area contributed by atoms with E-state index in [9.17, 15) is 0 Å². The second-order valence-corrected chi connectivity index (χ2v) is 2.47. The molecule has 0 aliphatic carbocycles. The summed E-state index contributed by atoms with van der Waals surface area (Å²) in [6.45, 7) is 3.59. The van der Waals surface area contributed by atoms with Crippen molar-refractivity contribution in [3.8, 4) is 0 Å². The van der Waals surface area contributed by atoms with E-state index in [0.717, 1.165) is 6.04 Å². The fraction of sp³-hybridized carbons (Fsp3) is 1.00. The van der Waals surface area contributed by atoms with Crippen LogP contribution in [0.3, 0.4) is 0 Å². The average molecular weight is 129 g/mol. The standard InChI is InChI=1S/C6H13N.Al.3H/c1-6-4-3-5-7(6)2;;;;/h6H,3-5H2,1-2H3;;;;/q;+3;3*-1. The van der Waals surface area contributed by atoms with Crippen LogP contribution in [0.15, 0.2) is 0 Å². The van der Waals surface area contributed by atoms with E-state index in [1.54, 1.807) is 0 Å². The van der Waals surface area contributed by atoms with Crippen LogP contribution in [0.2, 0.25) is 0 Å². The quantitative estimate of drug-likeness (QED) is 0.442. The predicted octanol–water partition coefficient (Wildman–Crippen LogP) is 1.06. The van der Waals surface area contributed by atoms with Crippen molar-refractivity contribution < 1.29 is 4.28 Å². The molecule has 1 aliphatic rings. The maximum absolute atomic E-state index is 2.40. The minimum atomic E-state index is 0. The summed E-state index contributed by atoms with van der Waals surface area (Å²) in [7, 11) is 2.19. The summed E-state index contributed by atoms with van der Waals surface area (Å²) in [4.78, 5) is 2.40.